The van der Waals surface area contributed by atoms with Crippen molar-refractivity contribution in [3.8, 4) is 5.75 Å². The Labute approximate surface area is 148 Å². The molecule has 1 aromatic heterocycles. The van der Waals surface area contributed by atoms with Crippen molar-refractivity contribution in [3.63, 3.8) is 0 Å². The van der Waals surface area contributed by atoms with E-state index in [0.29, 0.717) is 28.4 Å². The summed E-state index contributed by atoms with van der Waals surface area (Å²) in [5.41, 5.74) is 0.604. The van der Waals surface area contributed by atoms with Gasteiger partial charge in [0.2, 0.25) is 0 Å². The van der Waals surface area contributed by atoms with E-state index < -0.39 is 0 Å². The lowest BCUT2D eigenvalue weighted by Gasteiger charge is -2.07. The van der Waals surface area contributed by atoms with Crippen LogP contribution in [0.4, 0.5) is 0 Å². The van der Waals surface area contributed by atoms with Crippen molar-refractivity contribution in [1.82, 2.24) is 9.97 Å². The maximum atomic E-state index is 12.0. The molecule has 0 spiro atoms. The van der Waals surface area contributed by atoms with Crippen LogP contribution in [0.1, 0.15) is 0 Å². The first-order valence-corrected chi connectivity index (χ1v) is 9.02. The second kappa shape index (κ2) is 6.99. The van der Waals surface area contributed by atoms with Crippen molar-refractivity contribution in [1.29, 1.82) is 0 Å². The van der Waals surface area contributed by atoms with Gasteiger partial charge in [-0.2, -0.15) is 0 Å². The summed E-state index contributed by atoms with van der Waals surface area (Å²) < 4.78 is 5.81. The van der Waals surface area contributed by atoms with Crippen LogP contribution >= 0.6 is 11.8 Å². The molecule has 0 saturated heterocycles. The van der Waals surface area contributed by atoms with Gasteiger partial charge in [0.15, 0.2) is 5.16 Å². The third-order valence-corrected chi connectivity index (χ3v) is 4.74. The number of ether oxygens (including phenoxy) is 1. The summed E-state index contributed by atoms with van der Waals surface area (Å²) in [6.07, 6.45) is 0. The molecule has 0 aliphatic heterocycles. The number of benzene rings is 3. The third kappa shape index (κ3) is 3.51. The van der Waals surface area contributed by atoms with Gasteiger partial charge in [-0.1, -0.05) is 54.2 Å². The number of H-pyrrole nitrogens is 1. The Kier molecular flexibility index (Phi) is 4.39. The van der Waals surface area contributed by atoms with E-state index in [2.05, 4.69) is 28.2 Å². The largest absolute Gasteiger partial charge is 0.493 e. The Hall–Kier alpha value is -2.79. The van der Waals surface area contributed by atoms with Crippen LogP contribution in [0.3, 0.4) is 0 Å². The Morgan fingerprint density at radius 2 is 1.76 bits per heavy atom. The Morgan fingerprint density at radius 3 is 2.68 bits per heavy atom. The summed E-state index contributed by atoms with van der Waals surface area (Å²) in [5.74, 6) is 1.55. The van der Waals surface area contributed by atoms with Gasteiger partial charge < -0.3 is 9.72 Å². The first-order valence-electron chi connectivity index (χ1n) is 8.03. The molecule has 1 heterocycles. The van der Waals surface area contributed by atoms with Crippen LogP contribution in [-0.4, -0.2) is 22.3 Å². The normalized spacial score (nSPS) is 11.0. The third-order valence-electron chi connectivity index (χ3n) is 3.90. The molecule has 4 rings (SSSR count). The van der Waals surface area contributed by atoms with E-state index in [0.717, 1.165) is 11.1 Å². The molecule has 0 aliphatic carbocycles. The van der Waals surface area contributed by atoms with E-state index in [1.54, 1.807) is 6.07 Å². The van der Waals surface area contributed by atoms with Crippen molar-refractivity contribution in [2.24, 2.45) is 0 Å². The highest BCUT2D eigenvalue weighted by molar-refractivity contribution is 7.99. The SMILES string of the molecule is O=c1[nH]c(SCCOc2ccc3ccccc3c2)nc2ccccc12. The molecule has 25 heavy (non-hydrogen) atoms. The Balaban J connectivity index is 1.39. The minimum Gasteiger partial charge on any atom is -0.493 e. The molecule has 0 saturated carbocycles. The molecule has 3 aromatic carbocycles. The molecule has 4 aromatic rings. The van der Waals surface area contributed by atoms with E-state index in [1.807, 2.05) is 42.5 Å². The topological polar surface area (TPSA) is 55.0 Å². The minimum absolute atomic E-state index is 0.108. The van der Waals surface area contributed by atoms with Gasteiger partial charge in [0.1, 0.15) is 5.75 Å². The summed E-state index contributed by atoms with van der Waals surface area (Å²) >= 11 is 1.48. The molecule has 1 N–H and O–H groups in total. The molecule has 0 unspecified atom stereocenters. The number of hydrogen-bond acceptors (Lipinski definition) is 4. The van der Waals surface area contributed by atoms with Crippen LogP contribution in [-0.2, 0) is 0 Å². The first kappa shape index (κ1) is 15.7. The minimum atomic E-state index is -0.108. The highest BCUT2D eigenvalue weighted by Gasteiger charge is 2.04. The first-order chi connectivity index (χ1) is 12.3. The van der Waals surface area contributed by atoms with Crippen molar-refractivity contribution >= 4 is 33.4 Å². The molecule has 4 nitrogen and oxygen atoms in total. The second-order valence-corrected chi connectivity index (χ2v) is 6.68. The lowest BCUT2D eigenvalue weighted by atomic mass is 10.1. The number of thioether (sulfide) groups is 1. The molecule has 0 amide bonds. The molecular weight excluding hydrogens is 332 g/mol. The lowest BCUT2D eigenvalue weighted by Crippen LogP contribution is -2.10. The van der Waals surface area contributed by atoms with Crippen molar-refractivity contribution in [2.45, 2.75) is 5.16 Å². The van der Waals surface area contributed by atoms with Gasteiger partial charge >= 0.3 is 0 Å². The number of hydrogen-bond donors (Lipinski definition) is 1. The molecule has 0 fully saturated rings. The van der Waals surface area contributed by atoms with Crippen LogP contribution in [0.5, 0.6) is 5.75 Å². The predicted octanol–water partition coefficient (Wildman–Crippen LogP) is 4.25. The average Bonchev–Trinajstić information content (AvgIpc) is 2.65. The fourth-order valence-electron chi connectivity index (χ4n) is 2.69. The monoisotopic (exact) mass is 348 g/mol. The Morgan fingerprint density at radius 1 is 0.960 bits per heavy atom. The van der Waals surface area contributed by atoms with Crippen LogP contribution in [0.15, 0.2) is 76.7 Å². The lowest BCUT2D eigenvalue weighted by molar-refractivity contribution is 0.344. The van der Waals surface area contributed by atoms with E-state index >= 15 is 0 Å². The number of nitrogens with one attached hydrogen (secondary N) is 1. The predicted molar refractivity (Wildman–Crippen MR) is 103 cm³/mol. The molecule has 124 valence electrons. The van der Waals surface area contributed by atoms with E-state index in [4.69, 9.17) is 4.74 Å². The highest BCUT2D eigenvalue weighted by atomic mass is 32.2. The smallest absolute Gasteiger partial charge is 0.259 e. The standard InChI is InChI=1S/C20H16N2O2S/c23-19-17-7-3-4-8-18(17)21-20(22-19)25-12-11-24-16-10-9-14-5-1-2-6-15(14)13-16/h1-10,13H,11-12H2,(H,21,22,23). The van der Waals surface area contributed by atoms with Crippen LogP contribution in [0.2, 0.25) is 0 Å². The number of rotatable bonds is 5. The van der Waals surface area contributed by atoms with E-state index in [1.165, 1.54) is 17.1 Å². The fourth-order valence-corrected chi connectivity index (χ4v) is 3.38. The van der Waals surface area contributed by atoms with E-state index in [9.17, 15) is 4.79 Å². The van der Waals surface area contributed by atoms with Crippen molar-refractivity contribution in [3.05, 3.63) is 77.1 Å². The number of aromatic nitrogens is 2. The maximum absolute atomic E-state index is 12.0. The highest BCUT2D eigenvalue weighted by Crippen LogP contribution is 2.21. The maximum Gasteiger partial charge on any atom is 0.259 e. The van der Waals surface area contributed by atoms with Gasteiger partial charge in [0.25, 0.3) is 5.56 Å². The molecular formula is C20H16N2O2S. The van der Waals surface area contributed by atoms with Gasteiger partial charge in [-0.05, 0) is 35.0 Å². The number of para-hydroxylation sites is 1. The van der Waals surface area contributed by atoms with Gasteiger partial charge in [0.05, 0.1) is 17.5 Å². The summed E-state index contributed by atoms with van der Waals surface area (Å²) in [4.78, 5) is 19.3. The average molecular weight is 348 g/mol. The Bertz CT molecular complexity index is 1090. The van der Waals surface area contributed by atoms with Gasteiger partial charge in [-0.3, -0.25) is 4.79 Å². The number of nitrogens with zero attached hydrogens (tertiary/aromatic N) is 1. The van der Waals surface area contributed by atoms with E-state index in [-0.39, 0.29) is 5.56 Å². The van der Waals surface area contributed by atoms with Gasteiger partial charge in [0, 0.05) is 5.75 Å². The molecule has 0 radical (unpaired) electrons. The molecule has 0 aliphatic rings. The molecule has 0 bridgehead atoms. The zero-order chi connectivity index (χ0) is 17.1. The zero-order valence-corrected chi connectivity index (χ0v) is 14.3. The van der Waals surface area contributed by atoms with Crippen molar-refractivity contribution in [2.75, 3.05) is 12.4 Å². The zero-order valence-electron chi connectivity index (χ0n) is 13.4. The molecule has 5 heteroatoms. The number of aromatic amines is 1. The fraction of sp³-hybridized carbons (Fsp3) is 0.100. The summed E-state index contributed by atoms with van der Waals surface area (Å²) in [7, 11) is 0. The van der Waals surface area contributed by atoms with Crippen LogP contribution in [0, 0.1) is 0 Å². The molecule has 0 atom stereocenters. The van der Waals surface area contributed by atoms with Gasteiger partial charge in [-0.15, -0.1) is 0 Å². The quantitative estimate of drug-likeness (QED) is 0.333. The van der Waals surface area contributed by atoms with Crippen LogP contribution in [0.25, 0.3) is 21.7 Å². The summed E-state index contributed by atoms with van der Waals surface area (Å²) in [6, 6.07) is 21.6. The number of fused-ring (bicyclic) bond motifs is 2. The summed E-state index contributed by atoms with van der Waals surface area (Å²) in [5, 5.41) is 3.58. The van der Waals surface area contributed by atoms with Gasteiger partial charge in [-0.25, -0.2) is 4.98 Å². The summed E-state index contributed by atoms with van der Waals surface area (Å²) in [6.45, 7) is 0.541. The van der Waals surface area contributed by atoms with Crippen LogP contribution < -0.4 is 10.3 Å². The van der Waals surface area contributed by atoms with Crippen molar-refractivity contribution < 1.29 is 4.74 Å². The second-order valence-electron chi connectivity index (χ2n) is 5.59.